The van der Waals surface area contributed by atoms with Gasteiger partial charge in [-0.15, -0.1) is 0 Å². The zero-order chi connectivity index (χ0) is 14.6. The van der Waals surface area contributed by atoms with Crippen LogP contribution in [-0.2, 0) is 0 Å². The molecule has 0 aliphatic rings. The van der Waals surface area contributed by atoms with E-state index in [1.165, 1.54) is 12.1 Å². The van der Waals surface area contributed by atoms with Gasteiger partial charge in [0.25, 0.3) is 0 Å². The van der Waals surface area contributed by atoms with Crippen LogP contribution < -0.4 is 4.90 Å². The van der Waals surface area contributed by atoms with Crippen LogP contribution in [0.5, 0.6) is 0 Å². The third-order valence-corrected chi connectivity index (χ3v) is 2.72. The second-order valence-corrected chi connectivity index (χ2v) is 5.66. The minimum Gasteiger partial charge on any atom is -0.478 e. The fourth-order valence-electron chi connectivity index (χ4n) is 2.04. The van der Waals surface area contributed by atoms with Crippen molar-refractivity contribution in [2.75, 3.05) is 18.0 Å². The van der Waals surface area contributed by atoms with E-state index in [2.05, 4.69) is 32.6 Å². The first-order valence-electron chi connectivity index (χ1n) is 6.59. The van der Waals surface area contributed by atoms with Gasteiger partial charge in [0.2, 0.25) is 0 Å². The molecule has 0 radical (unpaired) electrons. The summed E-state index contributed by atoms with van der Waals surface area (Å²) in [4.78, 5) is 12.9. The first-order valence-corrected chi connectivity index (χ1v) is 6.59. The van der Waals surface area contributed by atoms with E-state index in [0.29, 0.717) is 11.8 Å². The molecule has 1 rings (SSSR count). The van der Waals surface area contributed by atoms with E-state index in [4.69, 9.17) is 5.11 Å². The smallest absolute Gasteiger partial charge is 0.338 e. The topological polar surface area (TPSA) is 40.5 Å². The molecule has 0 spiro atoms. The van der Waals surface area contributed by atoms with Crippen LogP contribution >= 0.6 is 0 Å². The predicted molar refractivity (Wildman–Crippen MR) is 75.2 cm³/mol. The number of carboxylic acids is 1. The third kappa shape index (κ3) is 4.54. The number of benzene rings is 1. The Morgan fingerprint density at radius 2 is 1.74 bits per heavy atom. The Bertz CT molecular complexity index is 434. The molecule has 0 saturated heterocycles. The first-order chi connectivity index (χ1) is 8.81. The van der Waals surface area contributed by atoms with Crippen LogP contribution in [0, 0.1) is 17.7 Å². The summed E-state index contributed by atoms with van der Waals surface area (Å²) >= 11 is 0. The SMILES string of the molecule is CC(C)CN(CC(C)C)c1ccc(C(=O)O)c(F)c1. The van der Waals surface area contributed by atoms with Crippen molar-refractivity contribution in [1.29, 1.82) is 0 Å². The van der Waals surface area contributed by atoms with E-state index in [1.807, 2.05) is 0 Å². The summed E-state index contributed by atoms with van der Waals surface area (Å²) in [5.74, 6) is -0.993. The summed E-state index contributed by atoms with van der Waals surface area (Å²) in [5, 5.41) is 8.83. The molecule has 0 aliphatic heterocycles. The number of rotatable bonds is 6. The van der Waals surface area contributed by atoms with Gasteiger partial charge in [-0.25, -0.2) is 9.18 Å². The van der Waals surface area contributed by atoms with Crippen molar-refractivity contribution in [3.63, 3.8) is 0 Å². The molecule has 1 aromatic rings. The van der Waals surface area contributed by atoms with Crippen molar-refractivity contribution < 1.29 is 14.3 Å². The summed E-state index contributed by atoms with van der Waals surface area (Å²) in [7, 11) is 0. The van der Waals surface area contributed by atoms with Gasteiger partial charge in [-0.2, -0.15) is 0 Å². The molecule has 0 saturated carbocycles. The average molecular weight is 267 g/mol. The molecule has 0 fully saturated rings. The van der Waals surface area contributed by atoms with Crippen LogP contribution in [0.15, 0.2) is 18.2 Å². The zero-order valence-corrected chi connectivity index (χ0v) is 12.0. The number of hydrogen-bond acceptors (Lipinski definition) is 2. The molecule has 0 heterocycles. The Balaban J connectivity index is 3.02. The largest absolute Gasteiger partial charge is 0.478 e. The van der Waals surface area contributed by atoms with Crippen LogP contribution in [0.25, 0.3) is 0 Å². The van der Waals surface area contributed by atoms with Gasteiger partial charge in [-0.05, 0) is 30.0 Å². The van der Waals surface area contributed by atoms with Crippen LogP contribution in [0.4, 0.5) is 10.1 Å². The van der Waals surface area contributed by atoms with Gasteiger partial charge >= 0.3 is 5.97 Å². The number of aromatic carboxylic acids is 1. The summed E-state index contributed by atoms with van der Waals surface area (Å²) < 4.78 is 13.7. The van der Waals surface area contributed by atoms with Crippen LogP contribution in [0.2, 0.25) is 0 Å². The van der Waals surface area contributed by atoms with E-state index in [0.717, 1.165) is 18.8 Å². The lowest BCUT2D eigenvalue weighted by molar-refractivity contribution is 0.0692. The minimum atomic E-state index is -1.23. The standard InChI is InChI=1S/C15H22FNO2/c1-10(2)8-17(9-11(3)4)12-5-6-13(15(18)19)14(16)7-12/h5-7,10-11H,8-9H2,1-4H3,(H,18,19). The molecule has 1 aromatic carbocycles. The van der Waals surface area contributed by atoms with Crippen molar-refractivity contribution in [2.24, 2.45) is 11.8 Å². The molecule has 0 bridgehead atoms. The van der Waals surface area contributed by atoms with Gasteiger partial charge in [0, 0.05) is 18.8 Å². The van der Waals surface area contributed by atoms with Gasteiger partial charge < -0.3 is 10.0 Å². The van der Waals surface area contributed by atoms with Crippen molar-refractivity contribution in [3.8, 4) is 0 Å². The highest BCUT2D eigenvalue weighted by Crippen LogP contribution is 2.21. The Morgan fingerprint density at radius 1 is 1.21 bits per heavy atom. The molecule has 19 heavy (non-hydrogen) atoms. The lowest BCUT2D eigenvalue weighted by Crippen LogP contribution is -2.31. The summed E-state index contributed by atoms with van der Waals surface area (Å²) in [6, 6.07) is 4.33. The maximum atomic E-state index is 13.7. The van der Waals surface area contributed by atoms with Gasteiger partial charge in [0.15, 0.2) is 0 Å². The van der Waals surface area contributed by atoms with E-state index < -0.39 is 11.8 Å². The van der Waals surface area contributed by atoms with Gasteiger partial charge in [0.05, 0.1) is 5.56 Å². The number of hydrogen-bond donors (Lipinski definition) is 1. The van der Waals surface area contributed by atoms with Crippen LogP contribution in [0.1, 0.15) is 38.1 Å². The lowest BCUT2D eigenvalue weighted by atomic mass is 10.1. The van der Waals surface area contributed by atoms with Gasteiger partial charge in [-0.1, -0.05) is 27.7 Å². The summed E-state index contributed by atoms with van der Waals surface area (Å²) in [6.07, 6.45) is 0. The van der Waals surface area contributed by atoms with Crippen molar-refractivity contribution >= 4 is 11.7 Å². The number of carbonyl (C=O) groups is 1. The number of carboxylic acid groups (broad SMARTS) is 1. The number of nitrogens with zero attached hydrogens (tertiary/aromatic N) is 1. The Labute approximate surface area is 114 Å². The number of anilines is 1. The molecule has 0 atom stereocenters. The highest BCUT2D eigenvalue weighted by molar-refractivity contribution is 5.88. The number of halogens is 1. The third-order valence-electron chi connectivity index (χ3n) is 2.72. The van der Waals surface area contributed by atoms with Gasteiger partial charge in [-0.3, -0.25) is 0 Å². The molecule has 0 amide bonds. The van der Waals surface area contributed by atoms with Crippen molar-refractivity contribution in [1.82, 2.24) is 0 Å². The zero-order valence-electron chi connectivity index (χ0n) is 12.0. The summed E-state index contributed by atoms with van der Waals surface area (Å²) in [6.45, 7) is 10.1. The Kier molecular flexibility index (Phi) is 5.33. The predicted octanol–water partition coefficient (Wildman–Crippen LogP) is 3.64. The van der Waals surface area contributed by atoms with Crippen LogP contribution in [0.3, 0.4) is 0 Å². The van der Waals surface area contributed by atoms with Crippen molar-refractivity contribution in [2.45, 2.75) is 27.7 Å². The monoisotopic (exact) mass is 267 g/mol. The molecule has 0 unspecified atom stereocenters. The maximum Gasteiger partial charge on any atom is 0.338 e. The fourth-order valence-corrected chi connectivity index (χ4v) is 2.04. The molecule has 106 valence electrons. The molecule has 3 nitrogen and oxygen atoms in total. The van der Waals surface area contributed by atoms with E-state index >= 15 is 0 Å². The highest BCUT2D eigenvalue weighted by Gasteiger charge is 2.15. The van der Waals surface area contributed by atoms with Gasteiger partial charge in [0.1, 0.15) is 5.82 Å². The lowest BCUT2D eigenvalue weighted by Gasteiger charge is -2.28. The van der Waals surface area contributed by atoms with E-state index in [-0.39, 0.29) is 5.56 Å². The molecule has 0 aliphatic carbocycles. The minimum absolute atomic E-state index is 0.280. The molecule has 4 heteroatoms. The maximum absolute atomic E-state index is 13.7. The first kappa shape index (κ1) is 15.5. The average Bonchev–Trinajstić information content (AvgIpc) is 2.26. The van der Waals surface area contributed by atoms with Crippen molar-refractivity contribution in [3.05, 3.63) is 29.6 Å². The quantitative estimate of drug-likeness (QED) is 0.855. The van der Waals surface area contributed by atoms with Crippen LogP contribution in [-0.4, -0.2) is 24.2 Å². The fraction of sp³-hybridized carbons (Fsp3) is 0.533. The highest BCUT2D eigenvalue weighted by atomic mass is 19.1. The Morgan fingerprint density at radius 3 is 2.11 bits per heavy atom. The second-order valence-electron chi connectivity index (χ2n) is 5.66. The molecule has 1 N–H and O–H groups in total. The van der Waals surface area contributed by atoms with E-state index in [9.17, 15) is 9.18 Å². The molecule has 0 aromatic heterocycles. The summed E-state index contributed by atoms with van der Waals surface area (Å²) in [5.41, 5.74) is 0.461. The molecular formula is C15H22FNO2. The Hall–Kier alpha value is -1.58. The normalized spacial score (nSPS) is 11.1. The van der Waals surface area contributed by atoms with E-state index in [1.54, 1.807) is 6.07 Å². The molecular weight excluding hydrogens is 245 g/mol. The second kappa shape index (κ2) is 6.55.